The first-order valence-electron chi connectivity index (χ1n) is 20.3. The van der Waals surface area contributed by atoms with Crippen LogP contribution < -0.4 is 4.74 Å². The zero-order valence-corrected chi connectivity index (χ0v) is 35.4. The third-order valence-corrected chi connectivity index (χ3v) is 12.5. The molecule has 3 saturated heterocycles. The Morgan fingerprint density at radius 2 is 1.72 bits per heavy atom. The molecular weight excluding hydrogens is 734 g/mol. The van der Waals surface area contributed by atoms with Gasteiger partial charge in [-0.2, -0.15) is 0 Å². The first kappa shape index (κ1) is 44.4. The van der Waals surface area contributed by atoms with Crippen molar-refractivity contribution in [3.63, 3.8) is 0 Å². The van der Waals surface area contributed by atoms with Gasteiger partial charge < -0.3 is 43.3 Å². The van der Waals surface area contributed by atoms with E-state index in [-0.39, 0.29) is 43.9 Å². The number of rotatable bonds is 10. The summed E-state index contributed by atoms with van der Waals surface area (Å²) < 4.78 is 37.2. The second-order valence-corrected chi connectivity index (χ2v) is 16.9. The van der Waals surface area contributed by atoms with Crippen LogP contribution in [0.2, 0.25) is 0 Å². The topological polar surface area (TPSA) is 163 Å². The number of carbonyl (C=O) groups excluding carboxylic acids is 4. The fourth-order valence-corrected chi connectivity index (χ4v) is 9.26. The van der Waals surface area contributed by atoms with Crippen molar-refractivity contribution >= 4 is 34.5 Å². The Balaban J connectivity index is 1.45. The number of methoxy groups -OCH3 is 1. The Bertz CT molecular complexity index is 1760. The Labute approximate surface area is 336 Å². The number of carbonyl (C=O) groups is 4. The molecule has 13 atom stereocenters. The van der Waals surface area contributed by atoms with Crippen molar-refractivity contribution in [3.05, 3.63) is 36.5 Å². The Kier molecular flexibility index (Phi) is 14.1. The number of Topliss-reactive ketones (excluding diaryl/α,β-unsaturated/α-hetero) is 2. The van der Waals surface area contributed by atoms with Crippen LogP contribution in [0.1, 0.15) is 81.1 Å². The average molecular weight is 798 g/mol. The summed E-state index contributed by atoms with van der Waals surface area (Å²) in [4.78, 5) is 64.6. The van der Waals surface area contributed by atoms with Crippen LogP contribution in [-0.2, 0) is 38.1 Å². The van der Waals surface area contributed by atoms with E-state index < -0.39 is 83.4 Å². The Morgan fingerprint density at radius 3 is 2.39 bits per heavy atom. The Morgan fingerprint density at radius 1 is 1.02 bits per heavy atom. The molecule has 0 spiro atoms. The number of aliphatic hydroxyl groups is 1. The van der Waals surface area contributed by atoms with E-state index in [1.807, 2.05) is 56.3 Å². The number of likely N-dealkylation sites (N-methyl/N-ethyl adjacent to an activating group) is 1. The highest BCUT2D eigenvalue weighted by molar-refractivity contribution is 6.00. The lowest BCUT2D eigenvalue weighted by Gasteiger charge is -2.47. The number of cyclic esters (lactones) is 1. The molecule has 14 nitrogen and oxygen atoms in total. The Hall–Kier alpha value is -3.69. The highest BCUT2D eigenvalue weighted by Gasteiger charge is 2.60. The van der Waals surface area contributed by atoms with Crippen LogP contribution in [0, 0.1) is 23.7 Å². The van der Waals surface area contributed by atoms with Crippen LogP contribution in [0.3, 0.4) is 0 Å². The van der Waals surface area contributed by atoms with Gasteiger partial charge in [0.1, 0.15) is 29.7 Å². The molecule has 0 bridgehead atoms. The number of esters is 1. The number of benzene rings is 1. The van der Waals surface area contributed by atoms with E-state index in [1.165, 1.54) is 14.0 Å². The quantitative estimate of drug-likeness (QED) is 0.190. The maximum absolute atomic E-state index is 14.7. The van der Waals surface area contributed by atoms with Crippen molar-refractivity contribution in [2.75, 3.05) is 34.4 Å². The number of nitrogens with zero attached hydrogens (tertiary/aromatic N) is 3. The molecule has 4 heterocycles. The highest BCUT2D eigenvalue weighted by Crippen LogP contribution is 2.43. The fourth-order valence-electron chi connectivity index (χ4n) is 9.26. The number of hydrogen-bond donors (Lipinski definition) is 1. The van der Waals surface area contributed by atoms with E-state index in [0.717, 1.165) is 10.9 Å². The summed E-state index contributed by atoms with van der Waals surface area (Å²) in [6.45, 7) is 14.3. The highest BCUT2D eigenvalue weighted by atomic mass is 16.7. The largest absolute Gasteiger partial charge is 0.492 e. The van der Waals surface area contributed by atoms with Gasteiger partial charge in [-0.25, -0.2) is 4.79 Å². The number of amides is 1. The van der Waals surface area contributed by atoms with Crippen molar-refractivity contribution in [2.24, 2.45) is 23.7 Å². The van der Waals surface area contributed by atoms with Gasteiger partial charge in [0.15, 0.2) is 17.7 Å². The lowest BCUT2D eigenvalue weighted by molar-refractivity contribution is -0.295. The molecule has 14 heteroatoms. The van der Waals surface area contributed by atoms with Crippen molar-refractivity contribution < 1.29 is 52.7 Å². The molecule has 1 aromatic carbocycles. The first-order valence-corrected chi connectivity index (χ1v) is 20.3. The molecule has 0 unspecified atom stereocenters. The number of aliphatic hydroxyl groups excluding tert-OH is 1. The molecule has 0 radical (unpaired) electrons. The van der Waals surface area contributed by atoms with Gasteiger partial charge in [-0.15, -0.1) is 0 Å². The average Bonchev–Trinajstić information content (AvgIpc) is 3.45. The number of aromatic nitrogens is 1. The van der Waals surface area contributed by atoms with Gasteiger partial charge in [0.05, 0.1) is 42.2 Å². The summed E-state index contributed by atoms with van der Waals surface area (Å²) in [6.07, 6.45) is -2.10. The SMILES string of the molecule is CC[C@H]1OC(=O)[C@H](C)C(=O)[C@H](C)[C@@H](O[C@@H]2O[C@H](C)C[C@H](N(C)C)[C@H]2O)[C@](C)(OC)C[C@@H](C)C(=O)[C@H](C)[C@H]2N(CCCOc3cnc4ccccc4c3)C(=O)O[C@]12C. The van der Waals surface area contributed by atoms with Crippen LogP contribution in [-0.4, -0.2) is 132 Å². The van der Waals surface area contributed by atoms with Crippen LogP contribution in [0.15, 0.2) is 36.5 Å². The van der Waals surface area contributed by atoms with Gasteiger partial charge in [-0.1, -0.05) is 45.9 Å². The van der Waals surface area contributed by atoms with Gasteiger partial charge in [-0.05, 0) is 79.6 Å². The molecule has 1 aromatic heterocycles. The summed E-state index contributed by atoms with van der Waals surface area (Å²) in [7, 11) is 5.23. The van der Waals surface area contributed by atoms with Crippen molar-refractivity contribution in [2.45, 2.75) is 135 Å². The number of fused-ring (bicyclic) bond motifs is 2. The molecule has 1 N–H and O–H groups in total. The molecule has 1 amide bonds. The number of pyridine rings is 1. The zero-order valence-electron chi connectivity index (χ0n) is 35.4. The molecule has 3 fully saturated rings. The normalized spacial score (nSPS) is 37.1. The predicted octanol–water partition coefficient (Wildman–Crippen LogP) is 5.21. The summed E-state index contributed by atoms with van der Waals surface area (Å²) in [5.74, 6) is -4.46. The van der Waals surface area contributed by atoms with E-state index in [1.54, 1.807) is 52.6 Å². The lowest BCUT2D eigenvalue weighted by Crippen LogP contribution is -2.60. The summed E-state index contributed by atoms with van der Waals surface area (Å²) in [6, 6.07) is 8.52. The van der Waals surface area contributed by atoms with Gasteiger partial charge >= 0.3 is 12.1 Å². The number of hydrogen-bond acceptors (Lipinski definition) is 13. The number of ketones is 2. The van der Waals surface area contributed by atoms with E-state index in [4.69, 9.17) is 28.4 Å². The summed E-state index contributed by atoms with van der Waals surface area (Å²) in [5.41, 5.74) is -1.85. The predicted molar refractivity (Wildman–Crippen MR) is 211 cm³/mol. The van der Waals surface area contributed by atoms with Crippen molar-refractivity contribution in [1.29, 1.82) is 0 Å². The molecule has 0 saturated carbocycles. The molecule has 3 aliphatic heterocycles. The van der Waals surface area contributed by atoms with Crippen LogP contribution in [0.5, 0.6) is 5.75 Å². The maximum atomic E-state index is 14.7. The van der Waals surface area contributed by atoms with Gasteiger partial charge in [0.25, 0.3) is 0 Å². The molecule has 5 rings (SSSR count). The second-order valence-electron chi connectivity index (χ2n) is 16.9. The van der Waals surface area contributed by atoms with Gasteiger partial charge in [0, 0.05) is 42.8 Å². The minimum Gasteiger partial charge on any atom is -0.492 e. The molecule has 3 aliphatic rings. The number of ether oxygens (including phenoxy) is 6. The van der Waals surface area contributed by atoms with E-state index in [2.05, 4.69) is 4.98 Å². The van der Waals surface area contributed by atoms with Crippen LogP contribution in [0.25, 0.3) is 10.9 Å². The molecule has 57 heavy (non-hydrogen) atoms. The van der Waals surface area contributed by atoms with E-state index in [9.17, 15) is 24.3 Å². The number of para-hydroxylation sites is 1. The fraction of sp³-hybridized carbons (Fsp3) is 0.698. The van der Waals surface area contributed by atoms with Crippen LogP contribution in [0.4, 0.5) is 4.79 Å². The minimum absolute atomic E-state index is 0.117. The maximum Gasteiger partial charge on any atom is 0.410 e. The first-order chi connectivity index (χ1) is 26.9. The molecule has 316 valence electrons. The smallest absolute Gasteiger partial charge is 0.410 e. The zero-order chi connectivity index (χ0) is 42.0. The molecule has 2 aromatic rings. The summed E-state index contributed by atoms with van der Waals surface area (Å²) in [5, 5.41) is 12.4. The molecule has 0 aliphatic carbocycles. The summed E-state index contributed by atoms with van der Waals surface area (Å²) >= 11 is 0. The monoisotopic (exact) mass is 797 g/mol. The lowest BCUT2D eigenvalue weighted by atomic mass is 9.73. The third kappa shape index (κ3) is 9.15. The van der Waals surface area contributed by atoms with Gasteiger partial charge in [-0.3, -0.25) is 19.4 Å². The molecular formula is C43H63N3O11. The van der Waals surface area contributed by atoms with Crippen molar-refractivity contribution in [1.82, 2.24) is 14.8 Å². The second kappa shape index (κ2) is 18.1. The standard InChI is InChI=1S/C43H63N3O11/c1-12-33-43(8)37(46(41(51)57-43)18-15-19-53-30-21-29-16-13-14-17-31(29)44-23-30)26(4)34(47)24(2)22-42(7,52-11)38(27(5)35(48)28(6)39(50)55-33)56-40-36(49)32(45(9)10)20-25(3)54-40/h13-14,16-17,21,23-28,32-33,36-38,40,49H,12,15,18-20,22H2,1-11H3/t24-,25-,26+,27+,28-,32+,33-,36-,37-,38-,40+,42-,43-/m1/s1. The minimum atomic E-state index is -1.43. The van der Waals surface area contributed by atoms with E-state index in [0.29, 0.717) is 18.6 Å². The van der Waals surface area contributed by atoms with Crippen LogP contribution >= 0.6 is 0 Å². The van der Waals surface area contributed by atoms with E-state index >= 15 is 0 Å². The van der Waals surface area contributed by atoms with Gasteiger partial charge in [0.2, 0.25) is 0 Å². The van der Waals surface area contributed by atoms with Crippen molar-refractivity contribution in [3.8, 4) is 5.75 Å². The third-order valence-electron chi connectivity index (χ3n) is 12.5.